The average molecular weight is 478 g/mol. The Kier molecular flexibility index (Phi) is 6.52. The molecule has 33 heavy (non-hydrogen) atoms. The highest BCUT2D eigenvalue weighted by atomic mass is 35.5. The van der Waals surface area contributed by atoms with E-state index < -0.39 is 11.5 Å². The third-order valence-electron chi connectivity index (χ3n) is 4.78. The van der Waals surface area contributed by atoms with Gasteiger partial charge < -0.3 is 19.7 Å². The van der Waals surface area contributed by atoms with Gasteiger partial charge in [0.25, 0.3) is 11.5 Å². The summed E-state index contributed by atoms with van der Waals surface area (Å²) in [5.74, 6) is -0.674. The van der Waals surface area contributed by atoms with Crippen LogP contribution in [-0.4, -0.2) is 52.3 Å². The topological polar surface area (TPSA) is 98.6 Å². The second-order valence-electron chi connectivity index (χ2n) is 7.01. The summed E-state index contributed by atoms with van der Waals surface area (Å²) in [5, 5.41) is 2.67. The van der Waals surface area contributed by atoms with Crippen LogP contribution in [0, 0.1) is 0 Å². The number of benzene rings is 1. The van der Waals surface area contributed by atoms with Gasteiger partial charge in [-0.1, -0.05) is 0 Å². The zero-order chi connectivity index (χ0) is 23.4. The van der Waals surface area contributed by atoms with Gasteiger partial charge in [0.2, 0.25) is 0 Å². The first-order chi connectivity index (χ1) is 15.8. The monoisotopic (exact) mass is 477 g/mol. The predicted octanol–water partition coefficient (Wildman–Crippen LogP) is 2.88. The Morgan fingerprint density at radius 2 is 1.82 bits per heavy atom. The van der Waals surface area contributed by atoms with Crippen LogP contribution in [0.5, 0.6) is 5.75 Å². The van der Waals surface area contributed by atoms with Crippen molar-refractivity contribution in [2.24, 2.45) is 0 Å². The standard InChI is InChI=1S/C21H18ClF2N5O4/c22-21(23,24)33-17-3-1-15(2-4-17)27-19(30)14-9-18(28-5-7-32-8-6-28)20(31)29(12-14)16-10-25-13-26-11-16/h1-4,9-13H,5-8H2,(H,27,30). The summed E-state index contributed by atoms with van der Waals surface area (Å²) in [7, 11) is 0. The van der Waals surface area contributed by atoms with E-state index in [0.717, 1.165) is 0 Å². The zero-order valence-corrected chi connectivity index (χ0v) is 17.8. The van der Waals surface area contributed by atoms with Gasteiger partial charge in [0, 0.05) is 36.6 Å². The van der Waals surface area contributed by atoms with Crippen LogP contribution in [0.3, 0.4) is 0 Å². The minimum Gasteiger partial charge on any atom is -0.420 e. The maximum absolute atomic E-state index is 13.2. The Hall–Kier alpha value is -3.57. The number of hydrogen-bond donors (Lipinski definition) is 1. The lowest BCUT2D eigenvalue weighted by Crippen LogP contribution is -2.40. The van der Waals surface area contributed by atoms with Gasteiger partial charge in [0.1, 0.15) is 17.8 Å². The Morgan fingerprint density at radius 3 is 2.45 bits per heavy atom. The molecular weight excluding hydrogens is 460 g/mol. The number of hydrogen-bond acceptors (Lipinski definition) is 7. The lowest BCUT2D eigenvalue weighted by Gasteiger charge is -2.29. The Balaban J connectivity index is 1.64. The fourth-order valence-electron chi connectivity index (χ4n) is 3.27. The lowest BCUT2D eigenvalue weighted by molar-refractivity contribution is -0.0964. The van der Waals surface area contributed by atoms with Crippen molar-refractivity contribution in [1.82, 2.24) is 14.5 Å². The number of carbonyl (C=O) groups is 1. The van der Waals surface area contributed by atoms with Crippen LogP contribution < -0.4 is 20.5 Å². The van der Waals surface area contributed by atoms with Gasteiger partial charge in [0.15, 0.2) is 0 Å². The summed E-state index contributed by atoms with van der Waals surface area (Å²) < 4.78 is 36.5. The number of nitrogens with one attached hydrogen (secondary N) is 1. The molecule has 4 rings (SSSR count). The van der Waals surface area contributed by atoms with Crippen LogP contribution in [0.25, 0.3) is 5.69 Å². The van der Waals surface area contributed by atoms with Crippen molar-refractivity contribution < 1.29 is 23.0 Å². The molecule has 12 heteroatoms. The van der Waals surface area contributed by atoms with Crippen LogP contribution in [0.4, 0.5) is 20.2 Å². The lowest BCUT2D eigenvalue weighted by atomic mass is 10.2. The van der Waals surface area contributed by atoms with Crippen LogP contribution in [0.1, 0.15) is 10.4 Å². The molecule has 1 amide bonds. The van der Waals surface area contributed by atoms with E-state index in [9.17, 15) is 18.4 Å². The summed E-state index contributed by atoms with van der Waals surface area (Å²) in [6.45, 7) is 1.91. The smallest absolute Gasteiger partial charge is 0.420 e. The summed E-state index contributed by atoms with van der Waals surface area (Å²) >= 11 is 4.75. The molecule has 0 saturated carbocycles. The zero-order valence-electron chi connectivity index (χ0n) is 17.1. The largest absolute Gasteiger partial charge is 0.487 e. The highest BCUT2D eigenvalue weighted by Gasteiger charge is 2.27. The van der Waals surface area contributed by atoms with Gasteiger partial charge in [-0.25, -0.2) is 9.97 Å². The molecule has 1 saturated heterocycles. The second kappa shape index (κ2) is 9.51. The number of halogens is 3. The summed E-state index contributed by atoms with van der Waals surface area (Å²) in [4.78, 5) is 35.9. The first-order valence-electron chi connectivity index (χ1n) is 9.82. The van der Waals surface area contributed by atoms with E-state index >= 15 is 0 Å². The molecule has 0 atom stereocenters. The maximum Gasteiger partial charge on any atom is 0.487 e. The second-order valence-corrected chi connectivity index (χ2v) is 7.45. The number of nitrogens with zero attached hydrogens (tertiary/aromatic N) is 4. The first-order valence-corrected chi connectivity index (χ1v) is 10.2. The molecule has 0 unspecified atom stereocenters. The van der Waals surface area contributed by atoms with Crippen LogP contribution >= 0.6 is 11.6 Å². The predicted molar refractivity (Wildman–Crippen MR) is 116 cm³/mol. The molecule has 3 aromatic rings. The molecular formula is C21H18ClF2N5O4. The van der Waals surface area contributed by atoms with E-state index in [1.54, 1.807) is 0 Å². The van der Waals surface area contributed by atoms with Gasteiger partial charge in [0.05, 0.1) is 36.9 Å². The number of amides is 1. The SMILES string of the molecule is O=C(Nc1ccc(OC(F)(F)Cl)cc1)c1cc(N2CCOCC2)c(=O)n(-c2cncnc2)c1. The number of pyridine rings is 1. The third kappa shape index (κ3) is 5.62. The van der Waals surface area contributed by atoms with E-state index in [4.69, 9.17) is 16.3 Å². The number of carbonyl (C=O) groups excluding carboxylic acids is 1. The molecule has 0 bridgehead atoms. The van der Waals surface area contributed by atoms with Gasteiger partial charge in [-0.15, -0.1) is 8.78 Å². The molecule has 2 aromatic heterocycles. The third-order valence-corrected chi connectivity index (χ3v) is 4.86. The van der Waals surface area contributed by atoms with Gasteiger partial charge >= 0.3 is 5.57 Å². The molecule has 1 aliphatic rings. The number of rotatable bonds is 6. The Morgan fingerprint density at radius 1 is 1.15 bits per heavy atom. The molecule has 0 aliphatic carbocycles. The molecule has 0 radical (unpaired) electrons. The van der Waals surface area contributed by atoms with E-state index in [-0.39, 0.29) is 16.9 Å². The number of aromatic nitrogens is 3. The van der Waals surface area contributed by atoms with Crippen LogP contribution in [0.15, 0.2) is 60.0 Å². The Labute approximate surface area is 191 Å². The highest BCUT2D eigenvalue weighted by molar-refractivity contribution is 6.20. The van der Waals surface area contributed by atoms with Gasteiger partial charge in [-0.05, 0) is 30.3 Å². The molecule has 1 aliphatic heterocycles. The van der Waals surface area contributed by atoms with E-state index in [1.807, 2.05) is 4.90 Å². The fraction of sp³-hybridized carbons (Fsp3) is 0.238. The normalized spacial score (nSPS) is 14.1. The minimum atomic E-state index is -3.84. The molecule has 1 fully saturated rings. The fourth-order valence-corrected chi connectivity index (χ4v) is 3.36. The summed E-state index contributed by atoms with van der Waals surface area (Å²) in [5.41, 5.74) is -2.90. The molecule has 9 nitrogen and oxygen atoms in total. The number of ether oxygens (including phenoxy) is 2. The van der Waals surface area contributed by atoms with Gasteiger partial charge in [-0.3, -0.25) is 14.2 Å². The van der Waals surface area contributed by atoms with E-state index in [2.05, 4.69) is 20.0 Å². The molecule has 3 heterocycles. The van der Waals surface area contributed by atoms with Crippen LogP contribution in [-0.2, 0) is 4.74 Å². The van der Waals surface area contributed by atoms with Crippen molar-refractivity contribution >= 4 is 28.9 Å². The van der Waals surface area contributed by atoms with Crippen molar-refractivity contribution in [2.45, 2.75) is 5.57 Å². The van der Waals surface area contributed by atoms with Crippen molar-refractivity contribution in [3.8, 4) is 11.4 Å². The van der Waals surface area contributed by atoms with Crippen molar-refractivity contribution in [3.05, 3.63) is 71.2 Å². The molecule has 0 spiro atoms. The van der Waals surface area contributed by atoms with E-state index in [0.29, 0.717) is 43.4 Å². The number of anilines is 2. The maximum atomic E-state index is 13.2. The molecule has 172 valence electrons. The van der Waals surface area contributed by atoms with Crippen molar-refractivity contribution in [2.75, 3.05) is 36.5 Å². The number of alkyl halides is 3. The van der Waals surface area contributed by atoms with Crippen molar-refractivity contribution in [1.29, 1.82) is 0 Å². The van der Waals surface area contributed by atoms with Crippen LogP contribution in [0.2, 0.25) is 0 Å². The Bertz CT molecular complexity index is 1180. The van der Waals surface area contributed by atoms with Gasteiger partial charge in [-0.2, -0.15) is 0 Å². The number of morpholine rings is 1. The summed E-state index contributed by atoms with van der Waals surface area (Å²) in [6, 6.07) is 6.77. The first kappa shape index (κ1) is 22.6. The minimum absolute atomic E-state index is 0.166. The van der Waals surface area contributed by atoms with E-state index in [1.165, 1.54) is 59.8 Å². The highest BCUT2D eigenvalue weighted by Crippen LogP contribution is 2.26. The summed E-state index contributed by atoms with van der Waals surface area (Å²) in [6.07, 6.45) is 5.66. The molecule has 1 N–H and O–H groups in total. The molecule has 1 aromatic carbocycles. The average Bonchev–Trinajstić information content (AvgIpc) is 2.80. The quantitative estimate of drug-likeness (QED) is 0.545. The van der Waals surface area contributed by atoms with Crippen molar-refractivity contribution in [3.63, 3.8) is 0 Å².